The van der Waals surface area contributed by atoms with Crippen LogP contribution in [0.3, 0.4) is 0 Å². The Labute approximate surface area is 238 Å². The van der Waals surface area contributed by atoms with E-state index in [1.165, 1.54) is 0 Å². The number of carbonyl (C=O) groups is 3. The van der Waals surface area contributed by atoms with Crippen LogP contribution in [-0.2, 0) is 14.3 Å². The van der Waals surface area contributed by atoms with E-state index >= 15 is 0 Å². The Balaban J connectivity index is 1.54. The largest absolute Gasteiger partial charge is 0.480 e. The highest BCUT2D eigenvalue weighted by atomic mass is 16.5. The minimum Gasteiger partial charge on any atom is -0.480 e. The van der Waals surface area contributed by atoms with Gasteiger partial charge in [0.2, 0.25) is 5.91 Å². The van der Waals surface area contributed by atoms with Crippen molar-refractivity contribution >= 4 is 18.0 Å². The molecule has 8 heteroatoms. The smallest absolute Gasteiger partial charge is 0.407 e. The Kier molecular flexibility index (Phi) is 12.0. The lowest BCUT2D eigenvalue weighted by Gasteiger charge is -2.24. The predicted octanol–water partition coefficient (Wildman–Crippen LogP) is 5.41. The van der Waals surface area contributed by atoms with E-state index in [-0.39, 0.29) is 18.4 Å². The number of carboxylic acid groups (broad SMARTS) is 1. The molecule has 8 nitrogen and oxygen atoms in total. The van der Waals surface area contributed by atoms with E-state index in [4.69, 9.17) is 4.74 Å². The van der Waals surface area contributed by atoms with Crippen LogP contribution in [0.4, 0.5) is 4.79 Å². The zero-order chi connectivity index (χ0) is 29.1. The molecule has 2 aromatic carbocycles. The number of hydrogen-bond donors (Lipinski definition) is 3. The molecule has 0 aromatic heterocycles. The van der Waals surface area contributed by atoms with E-state index in [9.17, 15) is 19.5 Å². The number of nitrogens with one attached hydrogen (secondary N) is 2. The highest BCUT2D eigenvalue weighted by Crippen LogP contribution is 2.44. The Hall–Kier alpha value is -3.39. The standard InChI is InChI=1S/C32H45N3O5/c1-5-18-35(19-6-2)20-12-11-17-28(31(37)38)33-30(36)29(22(3)4)34-32(39)40-21-27-25-15-9-7-13-23(25)24-14-8-10-16-26(24)27/h7-10,13-16,22,27-29H,5-6,11-12,17-21H2,1-4H3,(H,33,36)(H,34,39)(H,37,38)/t28-,29-/m0/s1. The summed E-state index contributed by atoms with van der Waals surface area (Å²) in [5, 5.41) is 15.0. The molecule has 3 N–H and O–H groups in total. The van der Waals surface area contributed by atoms with Crippen molar-refractivity contribution in [2.24, 2.45) is 5.92 Å². The molecular weight excluding hydrogens is 506 g/mol. The summed E-state index contributed by atoms with van der Waals surface area (Å²) in [4.78, 5) is 40.2. The van der Waals surface area contributed by atoms with Gasteiger partial charge in [0.15, 0.2) is 0 Å². The number of unbranched alkanes of at least 4 members (excludes halogenated alkanes) is 1. The number of rotatable bonds is 16. The van der Waals surface area contributed by atoms with E-state index in [1.54, 1.807) is 13.8 Å². The fourth-order valence-electron chi connectivity index (χ4n) is 5.47. The zero-order valence-corrected chi connectivity index (χ0v) is 24.3. The van der Waals surface area contributed by atoms with Gasteiger partial charge in [-0.15, -0.1) is 0 Å². The lowest BCUT2D eigenvalue weighted by Crippen LogP contribution is -2.53. The SMILES string of the molecule is CCCN(CCC)CCCC[C@H](NC(=O)[C@@H](NC(=O)OCC1c2ccccc2-c2ccccc21)C(C)C)C(=O)O. The summed E-state index contributed by atoms with van der Waals surface area (Å²) in [5.74, 6) is -1.94. The summed E-state index contributed by atoms with van der Waals surface area (Å²) in [6.07, 6.45) is 3.36. The van der Waals surface area contributed by atoms with Crippen LogP contribution in [-0.4, -0.2) is 66.3 Å². The van der Waals surface area contributed by atoms with Crippen LogP contribution in [0.1, 0.15) is 76.8 Å². The average molecular weight is 552 g/mol. The molecule has 0 spiro atoms. The molecule has 0 bridgehead atoms. The topological polar surface area (TPSA) is 108 Å². The summed E-state index contributed by atoms with van der Waals surface area (Å²) < 4.78 is 5.61. The normalized spacial score (nSPS) is 13.9. The second-order valence-corrected chi connectivity index (χ2v) is 10.9. The van der Waals surface area contributed by atoms with Gasteiger partial charge in [0.05, 0.1) is 0 Å². The van der Waals surface area contributed by atoms with Crippen molar-refractivity contribution in [3.8, 4) is 11.1 Å². The van der Waals surface area contributed by atoms with Crippen LogP contribution >= 0.6 is 0 Å². The van der Waals surface area contributed by atoms with Gasteiger partial charge < -0.3 is 25.4 Å². The van der Waals surface area contributed by atoms with E-state index in [0.717, 1.165) is 61.2 Å². The number of carboxylic acids is 1. The number of fused-ring (bicyclic) bond motifs is 3. The number of alkyl carbamates (subject to hydrolysis) is 1. The van der Waals surface area contributed by atoms with Gasteiger partial charge in [-0.3, -0.25) is 4.79 Å². The first-order chi connectivity index (χ1) is 19.3. The third-order valence-corrected chi connectivity index (χ3v) is 7.48. The zero-order valence-electron chi connectivity index (χ0n) is 24.3. The van der Waals surface area contributed by atoms with Crippen molar-refractivity contribution in [2.45, 2.75) is 77.8 Å². The maximum absolute atomic E-state index is 13.1. The molecule has 2 aromatic rings. The van der Waals surface area contributed by atoms with Gasteiger partial charge in [-0.2, -0.15) is 0 Å². The second kappa shape index (κ2) is 15.4. The molecule has 0 heterocycles. The van der Waals surface area contributed by atoms with Crippen LogP contribution in [0, 0.1) is 5.92 Å². The molecule has 0 radical (unpaired) electrons. The molecule has 0 aliphatic heterocycles. The number of hydrogen-bond acceptors (Lipinski definition) is 5. The minimum absolute atomic E-state index is 0.0913. The van der Waals surface area contributed by atoms with Crippen molar-refractivity contribution in [1.29, 1.82) is 0 Å². The van der Waals surface area contributed by atoms with E-state index in [2.05, 4.69) is 41.5 Å². The Bertz CT molecular complexity index is 1080. The molecule has 3 rings (SSSR count). The van der Waals surface area contributed by atoms with Crippen LogP contribution in [0.5, 0.6) is 0 Å². The van der Waals surface area contributed by atoms with E-state index in [0.29, 0.717) is 12.8 Å². The molecule has 2 atom stereocenters. The number of nitrogens with zero attached hydrogens (tertiary/aromatic N) is 1. The third-order valence-electron chi connectivity index (χ3n) is 7.48. The molecule has 40 heavy (non-hydrogen) atoms. The van der Waals surface area contributed by atoms with Crippen LogP contribution < -0.4 is 10.6 Å². The minimum atomic E-state index is -1.07. The van der Waals surface area contributed by atoms with Crippen molar-refractivity contribution in [3.05, 3.63) is 59.7 Å². The number of aliphatic carboxylic acids is 1. The van der Waals surface area contributed by atoms with Crippen LogP contribution in [0.15, 0.2) is 48.5 Å². The fourth-order valence-corrected chi connectivity index (χ4v) is 5.47. The third kappa shape index (κ3) is 8.31. The van der Waals surface area contributed by atoms with Gasteiger partial charge in [-0.25, -0.2) is 9.59 Å². The first kappa shape index (κ1) is 31.1. The summed E-state index contributed by atoms with van der Waals surface area (Å²) >= 11 is 0. The predicted molar refractivity (Wildman–Crippen MR) is 157 cm³/mol. The Morgan fingerprint density at radius 1 is 0.875 bits per heavy atom. The summed E-state index contributed by atoms with van der Waals surface area (Å²) in [5.41, 5.74) is 4.47. The van der Waals surface area contributed by atoms with Crippen molar-refractivity contribution < 1.29 is 24.2 Å². The van der Waals surface area contributed by atoms with Crippen molar-refractivity contribution in [2.75, 3.05) is 26.2 Å². The summed E-state index contributed by atoms with van der Waals surface area (Å²) in [6.45, 7) is 11.0. The molecule has 0 fully saturated rings. The van der Waals surface area contributed by atoms with Gasteiger partial charge in [-0.05, 0) is 79.9 Å². The first-order valence-corrected chi connectivity index (χ1v) is 14.6. The van der Waals surface area contributed by atoms with Crippen molar-refractivity contribution in [3.63, 3.8) is 0 Å². The molecule has 0 saturated heterocycles. The second-order valence-electron chi connectivity index (χ2n) is 10.9. The highest BCUT2D eigenvalue weighted by Gasteiger charge is 2.31. The van der Waals surface area contributed by atoms with Gasteiger partial charge in [-0.1, -0.05) is 76.2 Å². The Morgan fingerprint density at radius 3 is 1.98 bits per heavy atom. The molecule has 0 saturated carbocycles. The van der Waals surface area contributed by atoms with Crippen LogP contribution in [0.25, 0.3) is 11.1 Å². The van der Waals surface area contributed by atoms with E-state index in [1.807, 2.05) is 36.4 Å². The van der Waals surface area contributed by atoms with Gasteiger partial charge in [0.25, 0.3) is 0 Å². The maximum atomic E-state index is 13.1. The van der Waals surface area contributed by atoms with Gasteiger partial charge >= 0.3 is 12.1 Å². The lowest BCUT2D eigenvalue weighted by atomic mass is 9.98. The quantitative estimate of drug-likeness (QED) is 0.241. The molecule has 218 valence electrons. The molecule has 2 amide bonds. The molecule has 0 unspecified atom stereocenters. The van der Waals surface area contributed by atoms with E-state index < -0.39 is 30.1 Å². The van der Waals surface area contributed by atoms with Crippen molar-refractivity contribution in [1.82, 2.24) is 15.5 Å². The van der Waals surface area contributed by atoms with Gasteiger partial charge in [0.1, 0.15) is 18.7 Å². The monoisotopic (exact) mass is 551 g/mol. The number of benzene rings is 2. The fraction of sp³-hybridized carbons (Fsp3) is 0.531. The lowest BCUT2D eigenvalue weighted by molar-refractivity contribution is -0.142. The van der Waals surface area contributed by atoms with Gasteiger partial charge in [0, 0.05) is 5.92 Å². The highest BCUT2D eigenvalue weighted by molar-refractivity contribution is 5.89. The molecule has 1 aliphatic rings. The number of amides is 2. The van der Waals surface area contributed by atoms with Crippen LogP contribution in [0.2, 0.25) is 0 Å². The molecule has 1 aliphatic carbocycles. The Morgan fingerprint density at radius 2 is 1.45 bits per heavy atom. The first-order valence-electron chi connectivity index (χ1n) is 14.6. The number of carbonyl (C=O) groups excluding carboxylic acids is 2. The summed E-state index contributed by atoms with van der Waals surface area (Å²) in [6, 6.07) is 14.2. The maximum Gasteiger partial charge on any atom is 0.407 e. The average Bonchev–Trinajstić information content (AvgIpc) is 3.25. The molecular formula is C32H45N3O5. The number of ether oxygens (including phenoxy) is 1. The summed E-state index contributed by atoms with van der Waals surface area (Å²) in [7, 11) is 0.